The Morgan fingerprint density at radius 2 is 2.11 bits per heavy atom. The van der Waals surface area contributed by atoms with Crippen molar-refractivity contribution in [3.63, 3.8) is 0 Å². The predicted molar refractivity (Wildman–Crippen MR) is 71.4 cm³/mol. The normalized spacial score (nSPS) is 20.8. The quantitative estimate of drug-likeness (QED) is 0.856. The fourth-order valence-electron chi connectivity index (χ4n) is 2.23. The van der Waals surface area contributed by atoms with Gasteiger partial charge >= 0.3 is 0 Å². The molecule has 0 radical (unpaired) electrons. The van der Waals surface area contributed by atoms with E-state index in [1.807, 2.05) is 18.3 Å². The maximum Gasteiger partial charge on any atom is 0.116 e. The second kappa shape index (κ2) is 4.38. The van der Waals surface area contributed by atoms with Crippen molar-refractivity contribution in [3.8, 4) is 23.1 Å². The number of hydrogen-bond donors (Lipinski definition) is 2. The van der Waals surface area contributed by atoms with Crippen LogP contribution in [0.15, 0.2) is 36.5 Å². The number of nitriles is 1. The first-order valence-electron chi connectivity index (χ1n) is 6.14. The molecule has 1 fully saturated rings. The second-order valence-electron chi connectivity index (χ2n) is 4.82. The molecular formula is C15H13N3O. The van der Waals surface area contributed by atoms with Gasteiger partial charge in [0.2, 0.25) is 0 Å². The fraction of sp³-hybridized carbons (Fsp3) is 0.200. The number of phenolic OH excluding ortho intramolecular Hbond substituents is 1. The third kappa shape index (κ3) is 2.16. The average molecular weight is 251 g/mol. The molecule has 0 saturated heterocycles. The van der Waals surface area contributed by atoms with Crippen molar-refractivity contribution in [2.75, 3.05) is 0 Å². The van der Waals surface area contributed by atoms with Gasteiger partial charge in [0.1, 0.15) is 5.75 Å². The minimum atomic E-state index is 0.0841. The van der Waals surface area contributed by atoms with Gasteiger partial charge in [0.25, 0.3) is 0 Å². The summed E-state index contributed by atoms with van der Waals surface area (Å²) in [5.74, 6) is 0.512. The van der Waals surface area contributed by atoms with Crippen LogP contribution in [0.25, 0.3) is 11.3 Å². The second-order valence-corrected chi connectivity index (χ2v) is 4.82. The number of nitrogens with two attached hydrogens (primary N) is 1. The van der Waals surface area contributed by atoms with Crippen LogP contribution in [0.2, 0.25) is 0 Å². The molecule has 1 aliphatic carbocycles. The van der Waals surface area contributed by atoms with Gasteiger partial charge in [-0.3, -0.25) is 4.98 Å². The molecule has 3 N–H and O–H groups in total. The molecule has 0 aliphatic heterocycles. The van der Waals surface area contributed by atoms with Gasteiger partial charge in [0.15, 0.2) is 0 Å². The van der Waals surface area contributed by atoms with Crippen LogP contribution in [-0.4, -0.2) is 16.1 Å². The number of aromatic nitrogens is 1. The summed E-state index contributed by atoms with van der Waals surface area (Å²) in [6.45, 7) is 0. The highest BCUT2D eigenvalue weighted by Crippen LogP contribution is 2.39. The topological polar surface area (TPSA) is 82.9 Å². The van der Waals surface area contributed by atoms with Gasteiger partial charge in [-0.25, -0.2) is 0 Å². The SMILES string of the molecule is N#Cc1cc(O)ccc1-c1ccc([C@@H]2C[C@H]2N)cn1. The van der Waals surface area contributed by atoms with Crippen molar-refractivity contribution in [2.45, 2.75) is 18.4 Å². The Bertz CT molecular complexity index is 658. The smallest absolute Gasteiger partial charge is 0.116 e. The van der Waals surface area contributed by atoms with E-state index >= 15 is 0 Å². The Balaban J connectivity index is 1.96. The Kier molecular flexibility index (Phi) is 2.69. The monoisotopic (exact) mass is 251 g/mol. The van der Waals surface area contributed by atoms with E-state index in [1.54, 1.807) is 12.1 Å². The van der Waals surface area contributed by atoms with Crippen molar-refractivity contribution < 1.29 is 5.11 Å². The maximum absolute atomic E-state index is 9.38. The Morgan fingerprint density at radius 3 is 2.68 bits per heavy atom. The summed E-state index contributed by atoms with van der Waals surface area (Å²) in [6.07, 6.45) is 2.84. The van der Waals surface area contributed by atoms with Gasteiger partial charge in [0.05, 0.1) is 17.3 Å². The van der Waals surface area contributed by atoms with Crippen molar-refractivity contribution >= 4 is 0 Å². The van der Waals surface area contributed by atoms with E-state index in [4.69, 9.17) is 11.0 Å². The summed E-state index contributed by atoms with van der Waals surface area (Å²) in [7, 11) is 0. The molecule has 0 amide bonds. The van der Waals surface area contributed by atoms with Gasteiger partial charge in [-0.1, -0.05) is 6.07 Å². The minimum Gasteiger partial charge on any atom is -0.508 e. The number of benzene rings is 1. The highest BCUT2D eigenvalue weighted by molar-refractivity contribution is 5.68. The van der Waals surface area contributed by atoms with Crippen LogP contribution in [0.3, 0.4) is 0 Å². The standard InChI is InChI=1S/C15H13N3O/c16-7-10-5-11(19)2-3-12(10)15-4-1-9(8-18-15)13-6-14(13)17/h1-5,8,13-14,19H,6,17H2/t13-,14+/m0/s1. The average Bonchev–Trinajstić information content (AvgIpc) is 3.16. The highest BCUT2D eigenvalue weighted by Gasteiger charge is 2.34. The number of aromatic hydroxyl groups is 1. The Morgan fingerprint density at radius 1 is 1.32 bits per heavy atom. The molecule has 19 heavy (non-hydrogen) atoms. The first kappa shape index (κ1) is 11.7. The van der Waals surface area contributed by atoms with Gasteiger partial charge in [-0.15, -0.1) is 0 Å². The molecule has 1 aliphatic rings. The Hall–Kier alpha value is -2.38. The lowest BCUT2D eigenvalue weighted by atomic mass is 10.0. The first-order valence-corrected chi connectivity index (χ1v) is 6.14. The molecule has 2 aromatic rings. The number of hydrogen-bond acceptors (Lipinski definition) is 4. The van der Waals surface area contributed by atoms with Crippen molar-refractivity contribution in [1.29, 1.82) is 5.26 Å². The van der Waals surface area contributed by atoms with E-state index < -0.39 is 0 Å². The van der Waals surface area contributed by atoms with Crippen LogP contribution >= 0.6 is 0 Å². The molecule has 0 spiro atoms. The van der Waals surface area contributed by atoms with Crippen molar-refractivity contribution in [3.05, 3.63) is 47.7 Å². The number of pyridine rings is 1. The summed E-state index contributed by atoms with van der Waals surface area (Å²) in [5, 5.41) is 18.5. The van der Waals surface area contributed by atoms with E-state index in [0.29, 0.717) is 11.5 Å². The minimum absolute atomic E-state index is 0.0841. The van der Waals surface area contributed by atoms with Crippen LogP contribution in [0.5, 0.6) is 5.75 Å². The molecule has 94 valence electrons. The first-order chi connectivity index (χ1) is 9.19. The van der Waals surface area contributed by atoms with E-state index in [2.05, 4.69) is 11.1 Å². The zero-order chi connectivity index (χ0) is 13.4. The molecule has 3 rings (SSSR count). The van der Waals surface area contributed by atoms with E-state index in [1.165, 1.54) is 6.07 Å². The molecule has 0 bridgehead atoms. The third-order valence-electron chi connectivity index (χ3n) is 3.45. The lowest BCUT2D eigenvalue weighted by Crippen LogP contribution is -2.01. The molecule has 0 unspecified atom stereocenters. The summed E-state index contributed by atoms with van der Waals surface area (Å²) in [5.41, 5.74) is 8.84. The molecule has 4 nitrogen and oxygen atoms in total. The largest absolute Gasteiger partial charge is 0.508 e. The van der Waals surface area contributed by atoms with Crippen LogP contribution in [0.4, 0.5) is 0 Å². The maximum atomic E-state index is 9.38. The number of rotatable bonds is 2. The fourth-order valence-corrected chi connectivity index (χ4v) is 2.23. The van der Waals surface area contributed by atoms with Crippen molar-refractivity contribution in [1.82, 2.24) is 4.98 Å². The zero-order valence-corrected chi connectivity index (χ0v) is 10.2. The molecule has 2 atom stereocenters. The van der Waals surface area contributed by atoms with Gasteiger partial charge in [0, 0.05) is 23.7 Å². The van der Waals surface area contributed by atoms with Crippen LogP contribution in [0.1, 0.15) is 23.5 Å². The van der Waals surface area contributed by atoms with E-state index in [9.17, 15) is 5.11 Å². The summed E-state index contributed by atoms with van der Waals surface area (Å²) >= 11 is 0. The van der Waals surface area contributed by atoms with Gasteiger partial charge in [-0.2, -0.15) is 5.26 Å². The molecule has 1 saturated carbocycles. The summed E-state index contributed by atoms with van der Waals surface area (Å²) < 4.78 is 0. The molecule has 1 heterocycles. The van der Waals surface area contributed by atoms with Gasteiger partial charge in [-0.05, 0) is 36.2 Å². The highest BCUT2D eigenvalue weighted by atomic mass is 16.3. The molecule has 1 aromatic carbocycles. The zero-order valence-electron chi connectivity index (χ0n) is 10.2. The molecule has 1 aromatic heterocycles. The third-order valence-corrected chi connectivity index (χ3v) is 3.45. The summed E-state index contributed by atoms with van der Waals surface area (Å²) in [6, 6.07) is 10.9. The van der Waals surface area contributed by atoms with E-state index in [0.717, 1.165) is 23.2 Å². The number of phenols is 1. The Labute approximate surface area is 111 Å². The molecular weight excluding hydrogens is 238 g/mol. The predicted octanol–water partition coefficient (Wildman–Crippen LogP) is 2.14. The lowest BCUT2D eigenvalue weighted by Gasteiger charge is -2.05. The lowest BCUT2D eigenvalue weighted by molar-refractivity contribution is 0.475. The van der Waals surface area contributed by atoms with Crippen molar-refractivity contribution in [2.24, 2.45) is 5.73 Å². The van der Waals surface area contributed by atoms with E-state index in [-0.39, 0.29) is 11.8 Å². The summed E-state index contributed by atoms with van der Waals surface area (Å²) in [4.78, 5) is 4.39. The van der Waals surface area contributed by atoms with Crippen LogP contribution < -0.4 is 5.73 Å². The van der Waals surface area contributed by atoms with Crippen LogP contribution in [0, 0.1) is 11.3 Å². The molecule has 4 heteroatoms. The van der Waals surface area contributed by atoms with Crippen LogP contribution in [-0.2, 0) is 0 Å². The van der Waals surface area contributed by atoms with Gasteiger partial charge < -0.3 is 10.8 Å². The number of nitrogens with zero attached hydrogens (tertiary/aromatic N) is 2.